The Morgan fingerprint density at radius 1 is 1.30 bits per heavy atom. The van der Waals surface area contributed by atoms with Crippen molar-refractivity contribution in [1.29, 1.82) is 0 Å². The predicted molar refractivity (Wildman–Crippen MR) is 119 cm³/mol. The van der Waals surface area contributed by atoms with Crippen LogP contribution in [0.3, 0.4) is 0 Å². The summed E-state index contributed by atoms with van der Waals surface area (Å²) in [5, 5.41) is 5.49. The number of thiazole rings is 1. The van der Waals surface area contributed by atoms with Crippen LogP contribution in [0.25, 0.3) is 12.2 Å². The second-order valence-electron chi connectivity index (χ2n) is 8.20. The smallest absolute Gasteiger partial charge is 0.223 e. The third-order valence-corrected chi connectivity index (χ3v) is 10.2. The van der Waals surface area contributed by atoms with E-state index in [1.807, 2.05) is 17.5 Å². The molecule has 1 heterocycles. The van der Waals surface area contributed by atoms with E-state index in [1.54, 1.807) is 0 Å². The number of carbonyl (C=O) groups excluding carboxylic acids is 1. The topological polar surface area (TPSA) is 51.2 Å². The van der Waals surface area contributed by atoms with Crippen molar-refractivity contribution >= 4 is 42.8 Å². The molecule has 27 heavy (non-hydrogen) atoms. The first kappa shape index (κ1) is 21.5. The number of amides is 1. The van der Waals surface area contributed by atoms with Crippen LogP contribution in [-0.4, -0.2) is 25.8 Å². The average molecular weight is 403 g/mol. The molecular formula is C21H30N2O2SSi. The Labute approximate surface area is 167 Å². The van der Waals surface area contributed by atoms with Crippen molar-refractivity contribution in [3.63, 3.8) is 0 Å². The van der Waals surface area contributed by atoms with Crippen LogP contribution in [0.5, 0.6) is 0 Å². The molecule has 0 aliphatic rings. The zero-order valence-corrected chi connectivity index (χ0v) is 18.9. The molecule has 0 fully saturated rings. The first-order valence-electron chi connectivity index (χ1n) is 9.21. The summed E-state index contributed by atoms with van der Waals surface area (Å²) in [5.41, 5.74) is 3.25. The summed E-state index contributed by atoms with van der Waals surface area (Å²) in [5.74, 6) is -0.104. The zero-order chi connectivity index (χ0) is 20.1. The Kier molecular flexibility index (Phi) is 7.14. The van der Waals surface area contributed by atoms with Crippen molar-refractivity contribution in [2.75, 3.05) is 11.9 Å². The number of nitrogens with one attached hydrogen (secondary N) is 1. The first-order chi connectivity index (χ1) is 12.6. The minimum absolute atomic E-state index is 0.104. The van der Waals surface area contributed by atoms with Crippen molar-refractivity contribution in [3.05, 3.63) is 46.5 Å². The lowest BCUT2D eigenvalue weighted by Gasteiger charge is -2.36. The number of hydrogen-bond acceptors (Lipinski definition) is 4. The highest BCUT2D eigenvalue weighted by molar-refractivity contribution is 7.14. The lowest BCUT2D eigenvalue weighted by molar-refractivity contribution is -0.114. The van der Waals surface area contributed by atoms with E-state index in [9.17, 15) is 4.79 Å². The number of rotatable bonds is 7. The second-order valence-corrected chi connectivity index (χ2v) is 13.9. The molecule has 1 amide bonds. The molecule has 2 aromatic rings. The molecule has 6 heteroatoms. The molecule has 1 aromatic heterocycles. The van der Waals surface area contributed by atoms with E-state index >= 15 is 0 Å². The Morgan fingerprint density at radius 3 is 2.70 bits per heavy atom. The molecule has 0 bridgehead atoms. The summed E-state index contributed by atoms with van der Waals surface area (Å²) in [7, 11) is -1.69. The molecule has 0 saturated heterocycles. The van der Waals surface area contributed by atoms with Gasteiger partial charge in [0.05, 0.1) is 5.69 Å². The summed E-state index contributed by atoms with van der Waals surface area (Å²) in [4.78, 5) is 15.4. The van der Waals surface area contributed by atoms with E-state index in [2.05, 4.69) is 68.4 Å². The van der Waals surface area contributed by atoms with Crippen LogP contribution in [-0.2, 0) is 15.6 Å². The number of hydrogen-bond donors (Lipinski definition) is 1. The van der Waals surface area contributed by atoms with E-state index in [0.29, 0.717) is 5.13 Å². The van der Waals surface area contributed by atoms with Gasteiger partial charge in [0, 0.05) is 18.9 Å². The van der Waals surface area contributed by atoms with Crippen molar-refractivity contribution in [2.45, 2.75) is 52.2 Å². The summed E-state index contributed by atoms with van der Waals surface area (Å²) in [6.45, 7) is 13.6. The molecule has 0 spiro atoms. The fraction of sp³-hybridized carbons (Fsp3) is 0.429. The van der Waals surface area contributed by atoms with Gasteiger partial charge in [-0.2, -0.15) is 0 Å². The average Bonchev–Trinajstić information content (AvgIpc) is 2.99. The van der Waals surface area contributed by atoms with E-state index in [1.165, 1.54) is 23.8 Å². The molecular weight excluding hydrogens is 372 g/mol. The summed E-state index contributed by atoms with van der Waals surface area (Å²) in [6, 6.07) is 8.48. The maximum absolute atomic E-state index is 11.1. The molecule has 0 aliphatic carbocycles. The lowest BCUT2D eigenvalue weighted by Crippen LogP contribution is -2.41. The summed E-state index contributed by atoms with van der Waals surface area (Å²) >= 11 is 1.42. The molecule has 0 atom stereocenters. The van der Waals surface area contributed by atoms with Gasteiger partial charge >= 0.3 is 0 Å². The molecule has 0 aliphatic heterocycles. The Hall–Kier alpha value is -1.76. The third-order valence-electron chi connectivity index (χ3n) is 4.86. The van der Waals surface area contributed by atoms with E-state index in [0.717, 1.165) is 24.3 Å². The number of carbonyl (C=O) groups is 1. The Morgan fingerprint density at radius 2 is 2.04 bits per heavy atom. The summed E-state index contributed by atoms with van der Waals surface area (Å²) in [6.07, 6.45) is 4.93. The van der Waals surface area contributed by atoms with Gasteiger partial charge in [-0.1, -0.05) is 51.1 Å². The third kappa shape index (κ3) is 6.72. The van der Waals surface area contributed by atoms with E-state index < -0.39 is 8.32 Å². The molecule has 1 aromatic carbocycles. The van der Waals surface area contributed by atoms with Gasteiger partial charge in [0.15, 0.2) is 13.4 Å². The maximum Gasteiger partial charge on any atom is 0.223 e. The van der Waals surface area contributed by atoms with Gasteiger partial charge in [-0.05, 0) is 41.8 Å². The molecule has 0 radical (unpaired) electrons. The van der Waals surface area contributed by atoms with E-state index in [-0.39, 0.29) is 10.9 Å². The monoisotopic (exact) mass is 402 g/mol. The van der Waals surface area contributed by atoms with Gasteiger partial charge in [0.25, 0.3) is 0 Å². The molecule has 2 rings (SSSR count). The van der Waals surface area contributed by atoms with Gasteiger partial charge in [0.2, 0.25) is 5.91 Å². The van der Waals surface area contributed by atoms with Crippen LogP contribution in [0.1, 0.15) is 44.5 Å². The number of nitrogens with zero attached hydrogens (tertiary/aromatic N) is 1. The summed E-state index contributed by atoms with van der Waals surface area (Å²) < 4.78 is 6.28. The van der Waals surface area contributed by atoms with Crippen molar-refractivity contribution < 1.29 is 9.22 Å². The first-order valence-corrected chi connectivity index (χ1v) is 13.0. The fourth-order valence-electron chi connectivity index (χ4n) is 2.25. The number of benzene rings is 1. The molecule has 146 valence electrons. The van der Waals surface area contributed by atoms with Crippen molar-refractivity contribution in [3.8, 4) is 0 Å². The van der Waals surface area contributed by atoms with Crippen LogP contribution in [0.15, 0.2) is 29.6 Å². The molecule has 4 nitrogen and oxygen atoms in total. The predicted octanol–water partition coefficient (Wildman–Crippen LogP) is 5.84. The standard InChI is InChI=1S/C21H30N2O2SSi/c1-16(24)22-20-23-19(15-26-20)11-10-17-8-7-9-18(14-17)12-13-25-27(5,6)21(2,3)4/h7-11,14-15H,12-13H2,1-6H3,(H,22,23,24)/b11-10+. The van der Waals surface area contributed by atoms with E-state index in [4.69, 9.17) is 4.43 Å². The number of aromatic nitrogens is 1. The minimum Gasteiger partial charge on any atom is -0.416 e. The highest BCUT2D eigenvalue weighted by atomic mass is 32.1. The van der Waals surface area contributed by atoms with Crippen LogP contribution in [0.4, 0.5) is 5.13 Å². The Balaban J connectivity index is 1.95. The lowest BCUT2D eigenvalue weighted by atomic mass is 10.1. The second kappa shape index (κ2) is 8.95. The molecule has 0 unspecified atom stereocenters. The minimum atomic E-state index is -1.69. The van der Waals surface area contributed by atoms with Gasteiger partial charge in [0.1, 0.15) is 0 Å². The van der Waals surface area contributed by atoms with Gasteiger partial charge < -0.3 is 9.74 Å². The van der Waals surface area contributed by atoms with Gasteiger partial charge in [-0.15, -0.1) is 11.3 Å². The van der Waals surface area contributed by atoms with Crippen LogP contribution in [0, 0.1) is 0 Å². The highest BCUT2D eigenvalue weighted by Gasteiger charge is 2.36. The SMILES string of the molecule is CC(=O)Nc1nc(/C=C/c2cccc(CCO[Si](C)(C)C(C)(C)C)c2)cs1. The number of anilines is 1. The van der Waals surface area contributed by atoms with Gasteiger partial charge in [-0.25, -0.2) is 4.98 Å². The maximum atomic E-state index is 11.1. The normalized spacial score (nSPS) is 12.5. The molecule has 1 N–H and O–H groups in total. The zero-order valence-electron chi connectivity index (χ0n) is 17.1. The van der Waals surface area contributed by atoms with Crippen LogP contribution in [0.2, 0.25) is 18.1 Å². The highest BCUT2D eigenvalue weighted by Crippen LogP contribution is 2.36. The van der Waals surface area contributed by atoms with Gasteiger partial charge in [-0.3, -0.25) is 4.79 Å². The fourth-order valence-corrected chi connectivity index (χ4v) is 4.01. The van der Waals surface area contributed by atoms with Crippen molar-refractivity contribution in [2.24, 2.45) is 0 Å². The Bertz CT molecular complexity index is 807. The van der Waals surface area contributed by atoms with Crippen LogP contribution < -0.4 is 5.32 Å². The largest absolute Gasteiger partial charge is 0.416 e. The van der Waals surface area contributed by atoms with Crippen molar-refractivity contribution in [1.82, 2.24) is 4.98 Å². The quantitative estimate of drug-likeness (QED) is 0.592. The van der Waals surface area contributed by atoms with Crippen LogP contribution >= 0.6 is 11.3 Å². The molecule has 0 saturated carbocycles.